The Bertz CT molecular complexity index is 948. The van der Waals surface area contributed by atoms with Crippen LogP contribution < -0.4 is 10.1 Å². The van der Waals surface area contributed by atoms with E-state index in [1.54, 1.807) is 12.0 Å². The monoisotopic (exact) mass is 437 g/mol. The number of ether oxygens (including phenoxy) is 1. The molecule has 1 heterocycles. The van der Waals surface area contributed by atoms with E-state index in [2.05, 4.69) is 5.32 Å². The Hall–Kier alpha value is -3.30. The molecule has 0 saturated carbocycles. The Morgan fingerprint density at radius 1 is 1.26 bits per heavy atom. The number of alkyl halides is 3. The van der Waals surface area contributed by atoms with Gasteiger partial charge in [-0.25, -0.2) is 0 Å². The van der Waals surface area contributed by atoms with E-state index in [-0.39, 0.29) is 30.5 Å². The maximum absolute atomic E-state index is 12.8. The van der Waals surface area contributed by atoms with E-state index in [0.29, 0.717) is 19.2 Å². The molecule has 1 atom stereocenters. The third-order valence-corrected chi connectivity index (χ3v) is 5.30. The van der Waals surface area contributed by atoms with Crippen LogP contribution in [0.4, 0.5) is 24.5 Å². The molecule has 2 aromatic rings. The Balaban J connectivity index is 1.55. The molecule has 0 bridgehead atoms. The van der Waals surface area contributed by atoms with Crippen LogP contribution in [0.25, 0.3) is 0 Å². The topological polar surface area (TPSA) is 84.7 Å². The van der Waals surface area contributed by atoms with Crippen molar-refractivity contribution in [2.45, 2.75) is 24.9 Å². The second-order valence-electron chi connectivity index (χ2n) is 7.26. The van der Waals surface area contributed by atoms with Gasteiger partial charge in [-0.1, -0.05) is 12.1 Å². The van der Waals surface area contributed by atoms with Crippen molar-refractivity contribution in [2.75, 3.05) is 32.1 Å². The number of carbonyl (C=O) groups is 1. The van der Waals surface area contributed by atoms with Gasteiger partial charge in [-0.05, 0) is 36.2 Å². The number of hydrogen-bond acceptors (Lipinski definition) is 5. The fraction of sp³-hybridized carbons (Fsp3) is 0.381. The van der Waals surface area contributed by atoms with Crippen LogP contribution in [0.5, 0.6) is 5.75 Å². The van der Waals surface area contributed by atoms with Gasteiger partial charge in [-0.2, -0.15) is 13.2 Å². The zero-order valence-corrected chi connectivity index (χ0v) is 16.8. The zero-order valence-electron chi connectivity index (χ0n) is 16.8. The molecule has 3 rings (SSSR count). The largest absolute Gasteiger partial charge is 0.497 e. The first-order chi connectivity index (χ1) is 14.7. The highest BCUT2D eigenvalue weighted by atomic mass is 19.4. The van der Waals surface area contributed by atoms with Gasteiger partial charge in [-0.3, -0.25) is 14.9 Å². The van der Waals surface area contributed by atoms with Crippen LogP contribution in [0.2, 0.25) is 0 Å². The first-order valence-electron chi connectivity index (χ1n) is 9.70. The number of likely N-dealkylation sites (tertiary alicyclic amines) is 1. The lowest BCUT2D eigenvalue weighted by Crippen LogP contribution is -2.29. The Kier molecular flexibility index (Phi) is 6.67. The van der Waals surface area contributed by atoms with E-state index in [0.717, 1.165) is 29.9 Å². The highest BCUT2D eigenvalue weighted by molar-refractivity contribution is 5.77. The number of rotatable bonds is 7. The number of hydrogen-bond donors (Lipinski definition) is 1. The Labute approximate surface area is 177 Å². The summed E-state index contributed by atoms with van der Waals surface area (Å²) < 4.78 is 43.5. The number of nitrogens with zero attached hydrogens (tertiary/aromatic N) is 2. The quantitative estimate of drug-likeness (QED) is 0.511. The molecule has 1 fully saturated rings. The summed E-state index contributed by atoms with van der Waals surface area (Å²) in [4.78, 5) is 24.5. The highest BCUT2D eigenvalue weighted by Crippen LogP contribution is 2.35. The van der Waals surface area contributed by atoms with E-state index in [1.165, 1.54) is 0 Å². The smallest absolute Gasteiger partial charge is 0.416 e. The van der Waals surface area contributed by atoms with Crippen molar-refractivity contribution in [1.82, 2.24) is 4.90 Å². The molecule has 166 valence electrons. The van der Waals surface area contributed by atoms with Crippen molar-refractivity contribution in [3.8, 4) is 5.75 Å². The fourth-order valence-corrected chi connectivity index (χ4v) is 3.61. The van der Waals surface area contributed by atoms with Gasteiger partial charge in [-0.15, -0.1) is 0 Å². The summed E-state index contributed by atoms with van der Waals surface area (Å²) in [6.07, 6.45) is -3.77. The minimum atomic E-state index is -4.67. The van der Waals surface area contributed by atoms with Gasteiger partial charge >= 0.3 is 6.18 Å². The van der Waals surface area contributed by atoms with Crippen LogP contribution in [-0.2, 0) is 11.0 Å². The number of benzene rings is 2. The zero-order chi connectivity index (χ0) is 22.6. The molecule has 2 aromatic carbocycles. The highest BCUT2D eigenvalue weighted by Gasteiger charge is 2.33. The van der Waals surface area contributed by atoms with Gasteiger partial charge in [0.1, 0.15) is 11.4 Å². The third-order valence-electron chi connectivity index (χ3n) is 5.30. The summed E-state index contributed by atoms with van der Waals surface area (Å²) in [6.45, 7) is 1.26. The second kappa shape index (κ2) is 9.23. The van der Waals surface area contributed by atoms with Crippen molar-refractivity contribution in [2.24, 2.45) is 0 Å². The number of nitro benzene ring substituents is 1. The molecule has 10 heteroatoms. The predicted octanol–water partition coefficient (Wildman–Crippen LogP) is 4.44. The molecule has 0 radical (unpaired) electrons. The summed E-state index contributed by atoms with van der Waals surface area (Å²) in [5, 5.41) is 13.8. The van der Waals surface area contributed by atoms with Crippen molar-refractivity contribution in [3.63, 3.8) is 0 Å². The van der Waals surface area contributed by atoms with Crippen LogP contribution in [0.3, 0.4) is 0 Å². The van der Waals surface area contributed by atoms with E-state index in [9.17, 15) is 28.1 Å². The number of anilines is 1. The molecule has 1 saturated heterocycles. The van der Waals surface area contributed by atoms with Crippen LogP contribution >= 0.6 is 0 Å². The van der Waals surface area contributed by atoms with Crippen molar-refractivity contribution >= 4 is 17.3 Å². The molecular formula is C21H22F3N3O4. The normalized spacial score (nSPS) is 16.3. The van der Waals surface area contributed by atoms with E-state index >= 15 is 0 Å². The van der Waals surface area contributed by atoms with Crippen LogP contribution in [0.1, 0.15) is 29.9 Å². The minimum absolute atomic E-state index is 0.0525. The average Bonchev–Trinajstić information content (AvgIpc) is 3.23. The molecule has 0 spiro atoms. The van der Waals surface area contributed by atoms with Gasteiger partial charge in [0.2, 0.25) is 5.91 Å². The first-order valence-corrected chi connectivity index (χ1v) is 9.70. The maximum Gasteiger partial charge on any atom is 0.416 e. The van der Waals surface area contributed by atoms with Crippen molar-refractivity contribution in [1.29, 1.82) is 0 Å². The standard InChI is InChI=1S/C21H22F3N3O4/c1-31-17-5-2-14(3-6-17)15-9-11-26(13-15)20(28)8-10-25-18-7-4-16(21(22,23)24)12-19(18)27(29)30/h2-7,12,15,25H,8-11,13H2,1H3. The van der Waals surface area contributed by atoms with Gasteiger partial charge < -0.3 is 15.0 Å². The van der Waals surface area contributed by atoms with Crippen LogP contribution in [0.15, 0.2) is 42.5 Å². The summed E-state index contributed by atoms with van der Waals surface area (Å²) in [7, 11) is 1.60. The number of halogens is 3. The van der Waals surface area contributed by atoms with Crippen molar-refractivity contribution in [3.05, 3.63) is 63.7 Å². The Morgan fingerprint density at radius 2 is 1.97 bits per heavy atom. The lowest BCUT2D eigenvalue weighted by molar-refractivity contribution is -0.384. The number of amides is 1. The molecular weight excluding hydrogens is 415 g/mol. The summed E-state index contributed by atoms with van der Waals surface area (Å²) in [6, 6.07) is 9.98. The molecule has 1 aliphatic rings. The van der Waals surface area contributed by atoms with Crippen LogP contribution in [0, 0.1) is 10.1 Å². The van der Waals surface area contributed by atoms with E-state index in [1.807, 2.05) is 24.3 Å². The summed E-state index contributed by atoms with van der Waals surface area (Å²) in [5.74, 6) is 0.870. The first kappa shape index (κ1) is 22.4. The number of nitrogens with one attached hydrogen (secondary N) is 1. The molecule has 0 aliphatic carbocycles. The van der Waals surface area contributed by atoms with Crippen molar-refractivity contribution < 1.29 is 27.6 Å². The van der Waals surface area contributed by atoms with Gasteiger partial charge in [0.25, 0.3) is 5.69 Å². The second-order valence-corrected chi connectivity index (χ2v) is 7.26. The van der Waals surface area contributed by atoms with Gasteiger partial charge in [0, 0.05) is 38.0 Å². The third kappa shape index (κ3) is 5.44. The number of methoxy groups -OCH3 is 1. The predicted molar refractivity (Wildman–Crippen MR) is 108 cm³/mol. The number of carbonyl (C=O) groups excluding carboxylic acids is 1. The van der Waals surface area contributed by atoms with Crippen LogP contribution in [-0.4, -0.2) is 42.5 Å². The molecule has 7 nitrogen and oxygen atoms in total. The molecule has 1 aliphatic heterocycles. The molecule has 1 N–H and O–H groups in total. The molecule has 1 amide bonds. The van der Waals surface area contributed by atoms with E-state index < -0.39 is 22.4 Å². The summed E-state index contributed by atoms with van der Waals surface area (Å²) in [5.41, 5.74) is -0.705. The average molecular weight is 437 g/mol. The van der Waals surface area contributed by atoms with Gasteiger partial charge in [0.05, 0.1) is 17.6 Å². The van der Waals surface area contributed by atoms with Gasteiger partial charge in [0.15, 0.2) is 0 Å². The molecule has 1 unspecified atom stereocenters. The number of nitro groups is 1. The lowest BCUT2D eigenvalue weighted by Gasteiger charge is -2.17. The van der Waals surface area contributed by atoms with E-state index in [4.69, 9.17) is 4.74 Å². The minimum Gasteiger partial charge on any atom is -0.497 e. The molecule has 31 heavy (non-hydrogen) atoms. The fourth-order valence-electron chi connectivity index (χ4n) is 3.61. The maximum atomic E-state index is 12.8. The molecule has 0 aromatic heterocycles. The SMILES string of the molecule is COc1ccc(C2CCN(C(=O)CCNc3ccc(C(F)(F)F)cc3[N+](=O)[O-])C2)cc1. The lowest BCUT2D eigenvalue weighted by atomic mass is 9.98. The summed E-state index contributed by atoms with van der Waals surface area (Å²) >= 11 is 0. The Morgan fingerprint density at radius 3 is 2.58 bits per heavy atom.